The van der Waals surface area contributed by atoms with Crippen molar-refractivity contribution in [1.29, 1.82) is 0 Å². The fraction of sp³-hybridized carbons (Fsp3) is 0.524. The maximum atomic E-state index is 5.51. The van der Waals surface area contributed by atoms with E-state index < -0.39 is 0 Å². The third-order valence-corrected chi connectivity index (χ3v) is 4.49. The van der Waals surface area contributed by atoms with E-state index in [0.717, 1.165) is 54.8 Å². The highest BCUT2D eigenvalue weighted by Gasteiger charge is 2.11. The molecule has 0 atom stereocenters. The van der Waals surface area contributed by atoms with Crippen LogP contribution in [0.4, 0.5) is 0 Å². The van der Waals surface area contributed by atoms with Gasteiger partial charge in [-0.2, -0.15) is 5.10 Å². The highest BCUT2D eigenvalue weighted by Crippen LogP contribution is 2.25. The molecule has 0 unspecified atom stereocenters. The summed E-state index contributed by atoms with van der Waals surface area (Å²) in [6.07, 6.45) is 0.941. The second-order valence-corrected chi connectivity index (χ2v) is 6.77. The van der Waals surface area contributed by atoms with Gasteiger partial charge in [0.05, 0.1) is 19.9 Å². The number of benzene rings is 1. The van der Waals surface area contributed by atoms with Crippen LogP contribution in [0.1, 0.15) is 30.3 Å². The van der Waals surface area contributed by atoms with Gasteiger partial charge in [0.2, 0.25) is 0 Å². The average molecular weight is 515 g/mol. The van der Waals surface area contributed by atoms with Crippen molar-refractivity contribution in [3.8, 4) is 11.5 Å². The second-order valence-electron chi connectivity index (χ2n) is 6.77. The Morgan fingerprint density at radius 1 is 1.21 bits per heavy atom. The third kappa shape index (κ3) is 7.41. The molecule has 0 aliphatic carbocycles. The van der Waals surface area contributed by atoms with Crippen LogP contribution in [0, 0.1) is 13.8 Å². The molecular formula is C21H34IN5O2. The molecule has 8 heteroatoms. The molecule has 2 aromatic rings. The Morgan fingerprint density at radius 2 is 1.97 bits per heavy atom. The first-order valence-corrected chi connectivity index (χ1v) is 9.69. The minimum atomic E-state index is 0. The Bertz CT molecular complexity index is 791. The number of methoxy groups -OCH3 is 2. The summed E-state index contributed by atoms with van der Waals surface area (Å²) < 4.78 is 12.8. The number of halogens is 1. The number of nitrogens with one attached hydrogen (secondary N) is 1. The van der Waals surface area contributed by atoms with Crippen LogP contribution in [0.25, 0.3) is 0 Å². The topological polar surface area (TPSA) is 63.9 Å². The quantitative estimate of drug-likeness (QED) is 0.239. The molecule has 0 saturated carbocycles. The van der Waals surface area contributed by atoms with Crippen molar-refractivity contribution in [1.82, 2.24) is 20.0 Å². The molecular weight excluding hydrogens is 481 g/mol. The van der Waals surface area contributed by atoms with E-state index in [9.17, 15) is 0 Å². The second kappa shape index (κ2) is 12.6. The molecule has 0 spiro atoms. The summed E-state index contributed by atoms with van der Waals surface area (Å²) in [5.74, 6) is 2.48. The summed E-state index contributed by atoms with van der Waals surface area (Å²) in [5, 5.41) is 7.87. The predicted octanol–water partition coefficient (Wildman–Crippen LogP) is 3.62. The number of guanidine groups is 1. The van der Waals surface area contributed by atoms with E-state index in [2.05, 4.69) is 35.2 Å². The Labute approximate surface area is 191 Å². The van der Waals surface area contributed by atoms with Crippen LogP contribution in [0.5, 0.6) is 11.5 Å². The lowest BCUT2D eigenvalue weighted by Gasteiger charge is -2.23. The van der Waals surface area contributed by atoms with Gasteiger partial charge >= 0.3 is 0 Å². The molecule has 7 nitrogen and oxygen atoms in total. The summed E-state index contributed by atoms with van der Waals surface area (Å²) in [4.78, 5) is 6.88. The molecule has 0 bridgehead atoms. The highest BCUT2D eigenvalue weighted by atomic mass is 127. The van der Waals surface area contributed by atoms with Gasteiger partial charge in [0.15, 0.2) is 5.96 Å². The van der Waals surface area contributed by atoms with Crippen molar-refractivity contribution >= 4 is 29.9 Å². The van der Waals surface area contributed by atoms with E-state index in [1.54, 1.807) is 14.2 Å². The lowest BCUT2D eigenvalue weighted by atomic mass is 10.2. The van der Waals surface area contributed by atoms with Gasteiger partial charge in [-0.25, -0.2) is 0 Å². The summed E-state index contributed by atoms with van der Waals surface area (Å²) in [6.45, 7) is 9.31. The van der Waals surface area contributed by atoms with Gasteiger partial charge in [0.25, 0.3) is 0 Å². The van der Waals surface area contributed by atoms with Crippen molar-refractivity contribution in [3.63, 3.8) is 0 Å². The summed E-state index contributed by atoms with van der Waals surface area (Å²) in [7, 11) is 5.37. The van der Waals surface area contributed by atoms with E-state index in [4.69, 9.17) is 14.5 Å². The normalized spacial score (nSPS) is 11.0. The molecule has 1 aromatic carbocycles. The molecule has 0 saturated heterocycles. The standard InChI is InChI=1S/C21H33N5O2.HI/c1-7-22-21(23-11-8-12-26-17(3)13-16(2)24-26)25(4)15-18-9-10-19(27-5)14-20(18)28-6;/h9-10,13-14H,7-8,11-12,15H2,1-6H3,(H,22,23);1H. The van der Waals surface area contributed by atoms with E-state index in [1.807, 2.05) is 36.9 Å². The maximum absolute atomic E-state index is 5.51. The molecule has 0 fully saturated rings. The molecule has 0 aliphatic heterocycles. The van der Waals surface area contributed by atoms with E-state index in [-0.39, 0.29) is 24.0 Å². The lowest BCUT2D eigenvalue weighted by molar-refractivity contribution is 0.382. The molecule has 0 aliphatic rings. The molecule has 0 amide bonds. The van der Waals surface area contributed by atoms with Crippen LogP contribution >= 0.6 is 24.0 Å². The number of aromatic nitrogens is 2. The highest BCUT2D eigenvalue weighted by molar-refractivity contribution is 14.0. The molecule has 162 valence electrons. The van der Waals surface area contributed by atoms with Gasteiger partial charge in [-0.15, -0.1) is 24.0 Å². The zero-order valence-electron chi connectivity index (χ0n) is 18.4. The van der Waals surface area contributed by atoms with Gasteiger partial charge in [-0.1, -0.05) is 0 Å². The molecule has 1 N–H and O–H groups in total. The molecule has 29 heavy (non-hydrogen) atoms. The monoisotopic (exact) mass is 515 g/mol. The predicted molar refractivity (Wildman–Crippen MR) is 129 cm³/mol. The van der Waals surface area contributed by atoms with Gasteiger partial charge < -0.3 is 19.7 Å². The fourth-order valence-electron chi connectivity index (χ4n) is 3.09. The number of hydrogen-bond acceptors (Lipinski definition) is 4. The van der Waals surface area contributed by atoms with E-state index in [1.165, 1.54) is 5.69 Å². The lowest BCUT2D eigenvalue weighted by Crippen LogP contribution is -2.38. The van der Waals surface area contributed by atoms with Crippen LogP contribution < -0.4 is 14.8 Å². The number of rotatable bonds is 9. The number of ether oxygens (including phenoxy) is 2. The molecule has 1 aromatic heterocycles. The van der Waals surface area contributed by atoms with Crippen LogP contribution in [-0.4, -0.2) is 55.0 Å². The van der Waals surface area contributed by atoms with E-state index in [0.29, 0.717) is 6.54 Å². The van der Waals surface area contributed by atoms with Crippen LogP contribution in [0.2, 0.25) is 0 Å². The maximum Gasteiger partial charge on any atom is 0.193 e. The van der Waals surface area contributed by atoms with Gasteiger partial charge in [0.1, 0.15) is 11.5 Å². The molecule has 2 rings (SSSR count). The summed E-state index contributed by atoms with van der Waals surface area (Å²) in [6, 6.07) is 7.98. The zero-order chi connectivity index (χ0) is 20.5. The summed E-state index contributed by atoms with van der Waals surface area (Å²) >= 11 is 0. The van der Waals surface area contributed by atoms with Crippen molar-refractivity contribution in [3.05, 3.63) is 41.2 Å². The first kappa shape index (κ1) is 25.1. The summed E-state index contributed by atoms with van der Waals surface area (Å²) in [5.41, 5.74) is 3.33. The number of nitrogens with zero attached hydrogens (tertiary/aromatic N) is 4. The van der Waals surface area contributed by atoms with Crippen molar-refractivity contribution in [2.24, 2.45) is 4.99 Å². The van der Waals surface area contributed by atoms with Gasteiger partial charge in [-0.3, -0.25) is 9.67 Å². The minimum Gasteiger partial charge on any atom is -0.497 e. The fourth-order valence-corrected chi connectivity index (χ4v) is 3.09. The Balaban J connectivity index is 0.00000420. The number of hydrogen-bond donors (Lipinski definition) is 1. The Morgan fingerprint density at radius 3 is 2.55 bits per heavy atom. The first-order valence-electron chi connectivity index (χ1n) is 9.69. The zero-order valence-corrected chi connectivity index (χ0v) is 20.7. The van der Waals surface area contributed by atoms with Crippen molar-refractivity contribution in [2.45, 2.75) is 40.3 Å². The van der Waals surface area contributed by atoms with Gasteiger partial charge in [0, 0.05) is 50.6 Å². The number of aliphatic imine (C=N–C) groups is 1. The average Bonchev–Trinajstić information content (AvgIpc) is 3.01. The van der Waals surface area contributed by atoms with Crippen LogP contribution in [0.15, 0.2) is 29.3 Å². The largest absolute Gasteiger partial charge is 0.497 e. The minimum absolute atomic E-state index is 0. The van der Waals surface area contributed by atoms with E-state index >= 15 is 0 Å². The number of aryl methyl sites for hydroxylation is 3. The smallest absolute Gasteiger partial charge is 0.193 e. The molecule has 1 heterocycles. The van der Waals surface area contributed by atoms with Crippen LogP contribution in [-0.2, 0) is 13.1 Å². The SMILES string of the molecule is CCNC(=NCCCn1nc(C)cc1C)N(C)Cc1ccc(OC)cc1OC.I. The van der Waals surface area contributed by atoms with Gasteiger partial charge in [-0.05, 0) is 45.4 Å². The first-order chi connectivity index (χ1) is 13.5. The Kier molecular flexibility index (Phi) is 10.9. The van der Waals surface area contributed by atoms with Crippen molar-refractivity contribution in [2.75, 3.05) is 34.4 Å². The molecule has 0 radical (unpaired) electrons. The third-order valence-electron chi connectivity index (χ3n) is 4.49. The van der Waals surface area contributed by atoms with Crippen LogP contribution in [0.3, 0.4) is 0 Å². The Hall–Kier alpha value is -1.97. The van der Waals surface area contributed by atoms with Crippen molar-refractivity contribution < 1.29 is 9.47 Å².